The zero-order valence-electron chi connectivity index (χ0n) is 15.1. The van der Waals surface area contributed by atoms with Crippen LogP contribution in [0.3, 0.4) is 0 Å². The number of esters is 1. The quantitative estimate of drug-likeness (QED) is 0.684. The summed E-state index contributed by atoms with van der Waals surface area (Å²) in [7, 11) is 0. The molecule has 6 nitrogen and oxygen atoms in total. The average Bonchev–Trinajstić information content (AvgIpc) is 3.38. The Kier molecular flexibility index (Phi) is 4.39. The van der Waals surface area contributed by atoms with Gasteiger partial charge in [-0.25, -0.2) is 4.79 Å². The maximum atomic E-state index is 12.9. The molecule has 1 fully saturated rings. The van der Waals surface area contributed by atoms with Gasteiger partial charge in [0, 0.05) is 23.3 Å². The smallest absolute Gasteiger partial charge is 0.331 e. The van der Waals surface area contributed by atoms with Crippen molar-refractivity contribution in [1.29, 1.82) is 0 Å². The van der Waals surface area contributed by atoms with Gasteiger partial charge in [-0.3, -0.25) is 9.78 Å². The first-order chi connectivity index (χ1) is 13.1. The Bertz CT molecular complexity index is 990. The molecule has 1 N–H and O–H groups in total. The van der Waals surface area contributed by atoms with Gasteiger partial charge < -0.3 is 14.6 Å². The molecule has 1 amide bonds. The van der Waals surface area contributed by atoms with Crippen molar-refractivity contribution < 1.29 is 14.3 Å². The monoisotopic (exact) mass is 363 g/mol. The van der Waals surface area contributed by atoms with Crippen LogP contribution in [0.1, 0.15) is 35.8 Å². The summed E-state index contributed by atoms with van der Waals surface area (Å²) < 4.78 is 7.12. The predicted molar refractivity (Wildman–Crippen MR) is 101 cm³/mol. The van der Waals surface area contributed by atoms with Crippen LogP contribution in [0.15, 0.2) is 54.9 Å². The lowest BCUT2D eigenvalue weighted by Gasteiger charge is -2.15. The van der Waals surface area contributed by atoms with E-state index in [9.17, 15) is 9.59 Å². The zero-order valence-corrected chi connectivity index (χ0v) is 15.1. The summed E-state index contributed by atoms with van der Waals surface area (Å²) in [4.78, 5) is 29.5. The van der Waals surface area contributed by atoms with E-state index in [4.69, 9.17) is 4.74 Å². The Morgan fingerprint density at radius 2 is 1.96 bits per heavy atom. The Morgan fingerprint density at radius 1 is 1.19 bits per heavy atom. The molecule has 4 rings (SSSR count). The molecule has 0 aliphatic heterocycles. The fourth-order valence-electron chi connectivity index (χ4n) is 3.28. The maximum Gasteiger partial charge on any atom is 0.331 e. The van der Waals surface area contributed by atoms with Crippen LogP contribution in [0, 0.1) is 0 Å². The third-order valence-corrected chi connectivity index (χ3v) is 4.86. The summed E-state index contributed by atoms with van der Waals surface area (Å²) in [6, 6.07) is 13.5. The summed E-state index contributed by atoms with van der Waals surface area (Å²) in [5.41, 5.74) is 1.55. The van der Waals surface area contributed by atoms with Crippen LogP contribution < -0.4 is 5.32 Å². The lowest BCUT2D eigenvalue weighted by molar-refractivity contribution is -0.146. The molecule has 0 saturated heterocycles. The second kappa shape index (κ2) is 6.87. The average molecular weight is 363 g/mol. The number of fused-ring (bicyclic) bond motifs is 1. The van der Waals surface area contributed by atoms with E-state index in [1.165, 1.54) is 0 Å². The maximum absolute atomic E-state index is 12.9. The van der Waals surface area contributed by atoms with E-state index in [-0.39, 0.29) is 11.9 Å². The van der Waals surface area contributed by atoms with Crippen molar-refractivity contribution in [1.82, 2.24) is 14.9 Å². The number of aromatic nitrogens is 2. The molecule has 1 aliphatic rings. The number of carbonyl (C=O) groups excluding carboxylic acids is 2. The highest BCUT2D eigenvalue weighted by atomic mass is 16.5. The molecular formula is C21H21N3O3. The second-order valence-corrected chi connectivity index (χ2v) is 6.77. The van der Waals surface area contributed by atoms with Gasteiger partial charge >= 0.3 is 5.97 Å². The van der Waals surface area contributed by atoms with Gasteiger partial charge in [0.25, 0.3) is 5.91 Å². The van der Waals surface area contributed by atoms with Crippen molar-refractivity contribution in [3.63, 3.8) is 0 Å². The molecule has 1 aliphatic carbocycles. The molecule has 0 spiro atoms. The molecule has 0 bridgehead atoms. The van der Waals surface area contributed by atoms with Crippen molar-refractivity contribution in [2.75, 3.05) is 6.61 Å². The highest BCUT2D eigenvalue weighted by Gasteiger charge is 2.52. The number of nitrogens with zero attached hydrogens (tertiary/aromatic N) is 2. The van der Waals surface area contributed by atoms with Crippen LogP contribution in [-0.4, -0.2) is 33.6 Å². The summed E-state index contributed by atoms with van der Waals surface area (Å²) in [5.74, 6) is -0.605. The SMILES string of the molecule is CCOC(=O)C1(NC(=O)c2cn(Cc3ccccn3)c3ccccc23)CC1. The van der Waals surface area contributed by atoms with Crippen LogP contribution in [0.2, 0.25) is 0 Å². The molecule has 0 radical (unpaired) electrons. The molecule has 3 aromatic rings. The summed E-state index contributed by atoms with van der Waals surface area (Å²) in [6.07, 6.45) is 4.81. The number of amides is 1. The van der Waals surface area contributed by atoms with Crippen molar-refractivity contribution in [3.8, 4) is 0 Å². The largest absolute Gasteiger partial charge is 0.464 e. The number of hydrogen-bond donors (Lipinski definition) is 1. The molecule has 1 aromatic carbocycles. The molecule has 138 valence electrons. The molecule has 0 unspecified atom stereocenters. The number of nitrogens with one attached hydrogen (secondary N) is 1. The Balaban J connectivity index is 1.64. The molecule has 2 heterocycles. The highest BCUT2D eigenvalue weighted by Crippen LogP contribution is 2.37. The third kappa shape index (κ3) is 3.30. The normalized spacial score (nSPS) is 14.7. The van der Waals surface area contributed by atoms with Gasteiger partial charge in [0.1, 0.15) is 5.54 Å². The first kappa shape index (κ1) is 17.3. The second-order valence-electron chi connectivity index (χ2n) is 6.77. The molecular weight excluding hydrogens is 342 g/mol. The minimum absolute atomic E-state index is 0.253. The summed E-state index contributed by atoms with van der Waals surface area (Å²) in [6.45, 7) is 2.64. The fourth-order valence-corrected chi connectivity index (χ4v) is 3.28. The first-order valence-electron chi connectivity index (χ1n) is 9.10. The minimum atomic E-state index is -0.864. The standard InChI is InChI=1S/C21H21N3O3/c1-2-27-20(26)21(10-11-21)23-19(25)17-14-24(13-15-7-5-6-12-22-15)18-9-4-3-8-16(17)18/h3-9,12,14H,2,10-11,13H2,1H3,(H,23,25). The van der Waals surface area contributed by atoms with Crippen LogP contribution in [0.25, 0.3) is 10.9 Å². The van der Waals surface area contributed by atoms with Gasteiger partial charge in [-0.15, -0.1) is 0 Å². The van der Waals surface area contributed by atoms with Crippen LogP contribution in [0.5, 0.6) is 0 Å². The van der Waals surface area contributed by atoms with Crippen molar-refractivity contribution in [2.24, 2.45) is 0 Å². The van der Waals surface area contributed by atoms with Gasteiger partial charge in [0.2, 0.25) is 0 Å². The summed E-state index contributed by atoms with van der Waals surface area (Å²) in [5, 5.41) is 3.75. The molecule has 6 heteroatoms. The van der Waals surface area contributed by atoms with E-state index in [0.717, 1.165) is 16.6 Å². The van der Waals surface area contributed by atoms with Gasteiger partial charge in [-0.2, -0.15) is 0 Å². The number of hydrogen-bond acceptors (Lipinski definition) is 4. The lowest BCUT2D eigenvalue weighted by atomic mass is 10.1. The topological polar surface area (TPSA) is 73.2 Å². The van der Waals surface area contributed by atoms with E-state index in [2.05, 4.69) is 10.3 Å². The Hall–Kier alpha value is -3.15. The van der Waals surface area contributed by atoms with E-state index < -0.39 is 5.54 Å². The third-order valence-electron chi connectivity index (χ3n) is 4.86. The van der Waals surface area contributed by atoms with E-state index >= 15 is 0 Å². The zero-order chi connectivity index (χ0) is 18.9. The molecule has 1 saturated carbocycles. The predicted octanol–water partition coefficient (Wildman–Crippen LogP) is 2.91. The molecule has 2 aromatic heterocycles. The van der Waals surface area contributed by atoms with E-state index in [1.807, 2.05) is 53.2 Å². The van der Waals surface area contributed by atoms with Crippen molar-refractivity contribution in [3.05, 3.63) is 66.1 Å². The van der Waals surface area contributed by atoms with Gasteiger partial charge in [0.05, 0.1) is 24.4 Å². The summed E-state index contributed by atoms with van der Waals surface area (Å²) >= 11 is 0. The van der Waals surface area contributed by atoms with E-state index in [1.54, 1.807) is 13.1 Å². The molecule has 0 atom stereocenters. The van der Waals surface area contributed by atoms with Crippen LogP contribution in [-0.2, 0) is 16.1 Å². The van der Waals surface area contributed by atoms with Gasteiger partial charge in [-0.05, 0) is 38.0 Å². The van der Waals surface area contributed by atoms with Crippen LogP contribution in [0.4, 0.5) is 0 Å². The number of benzene rings is 1. The van der Waals surface area contributed by atoms with Crippen LogP contribution >= 0.6 is 0 Å². The number of para-hydroxylation sites is 1. The molecule has 27 heavy (non-hydrogen) atoms. The first-order valence-corrected chi connectivity index (χ1v) is 9.10. The highest BCUT2D eigenvalue weighted by molar-refractivity contribution is 6.08. The Labute approximate surface area is 157 Å². The lowest BCUT2D eigenvalue weighted by Crippen LogP contribution is -2.44. The van der Waals surface area contributed by atoms with Gasteiger partial charge in [0.15, 0.2) is 0 Å². The number of carbonyl (C=O) groups is 2. The minimum Gasteiger partial charge on any atom is -0.464 e. The van der Waals surface area contributed by atoms with E-state index in [0.29, 0.717) is 31.6 Å². The van der Waals surface area contributed by atoms with Crippen molar-refractivity contribution in [2.45, 2.75) is 31.8 Å². The van der Waals surface area contributed by atoms with Gasteiger partial charge in [-0.1, -0.05) is 24.3 Å². The number of pyridine rings is 1. The fraction of sp³-hybridized carbons (Fsp3) is 0.286. The number of rotatable bonds is 6. The Morgan fingerprint density at radius 3 is 2.67 bits per heavy atom. The number of ether oxygens (including phenoxy) is 1. The van der Waals surface area contributed by atoms with Crippen molar-refractivity contribution >= 4 is 22.8 Å².